The zero-order valence-electron chi connectivity index (χ0n) is 27.9. The maximum Gasteiger partial charge on any atom is 0.460 e. The predicted octanol–water partition coefficient (Wildman–Crippen LogP) is 11.4. The Morgan fingerprint density at radius 1 is 0.400 bits per heavy atom. The van der Waals surface area contributed by atoms with Gasteiger partial charge in [0, 0.05) is 0 Å². The maximum absolute atomic E-state index is 13.0. The Morgan fingerprint density at radius 2 is 0.620 bits per heavy atom. The molecule has 0 aromatic carbocycles. The number of unbranched alkanes of at least 4 members (excludes halogenated alkanes) is 8. The summed E-state index contributed by atoms with van der Waals surface area (Å²) in [6.07, 6.45) is 9.04. The van der Waals surface area contributed by atoms with Crippen molar-refractivity contribution in [2.75, 3.05) is 26.2 Å². The minimum atomic E-state index is -8.89. The van der Waals surface area contributed by atoms with Gasteiger partial charge in [-0.3, -0.25) is 4.55 Å². The van der Waals surface area contributed by atoms with E-state index in [9.17, 15) is 83.1 Å². The van der Waals surface area contributed by atoms with Crippen LogP contribution in [-0.4, -0.2) is 90.6 Å². The Kier molecular flexibility index (Phi) is 18.9. The number of alkyl halides is 17. The van der Waals surface area contributed by atoms with Gasteiger partial charge < -0.3 is 4.48 Å². The minimum absolute atomic E-state index is 1.36. The second-order valence-electron chi connectivity index (χ2n) is 12.0. The van der Waals surface area contributed by atoms with Gasteiger partial charge in [0.15, 0.2) is 0 Å². The molecule has 0 saturated carbocycles. The van der Waals surface area contributed by atoms with Crippen molar-refractivity contribution in [2.45, 2.75) is 152 Å². The van der Waals surface area contributed by atoms with Crippen LogP contribution in [0.1, 0.15) is 105 Å². The van der Waals surface area contributed by atoms with Crippen LogP contribution >= 0.6 is 0 Å². The molecule has 0 aliphatic heterocycles. The minimum Gasteiger partial charge on any atom is -0.324 e. The topological polar surface area (TPSA) is 54.4 Å². The molecular formula is C28H45F17NO3S+. The molecule has 304 valence electrons. The summed E-state index contributed by atoms with van der Waals surface area (Å²) >= 11 is 0. The van der Waals surface area contributed by atoms with Crippen LogP contribution in [0.4, 0.5) is 74.6 Å². The van der Waals surface area contributed by atoms with Crippen LogP contribution in [0.25, 0.3) is 0 Å². The highest BCUT2D eigenvalue weighted by molar-refractivity contribution is 7.87. The summed E-state index contributed by atoms with van der Waals surface area (Å²) in [6.45, 7) is 15.1. The molecule has 0 spiro atoms. The standard InChI is InChI=1S/C20H44N.C8HF17O3S/c1-5-9-13-17-21(18-14-10-6-2,19-15-11-7-3)20-16-12-8-4;9-1(10,3(13,14)5(17,18)7(21,22)23)2(11,12)4(15,16)6(19,20)8(24,25)29(26,27)28/h5-20H2,1-4H3;(H,26,27,28)/q+1;. The van der Waals surface area contributed by atoms with E-state index in [0.717, 1.165) is 0 Å². The Hall–Kier alpha value is -1.32. The summed E-state index contributed by atoms with van der Waals surface area (Å²) < 4.78 is 244. The lowest BCUT2D eigenvalue weighted by molar-refractivity contribution is -0.929. The molecule has 1 N–H and O–H groups in total. The van der Waals surface area contributed by atoms with Crippen LogP contribution in [0, 0.1) is 0 Å². The number of quaternary nitrogens is 1. The Labute approximate surface area is 280 Å². The van der Waals surface area contributed by atoms with Crippen LogP contribution in [0.3, 0.4) is 0 Å². The molecule has 0 rings (SSSR count). The lowest BCUT2D eigenvalue weighted by Gasteiger charge is -2.42. The summed E-state index contributed by atoms with van der Waals surface area (Å²) in [4.78, 5) is 0. The quantitative estimate of drug-likeness (QED) is 0.0485. The third-order valence-electron chi connectivity index (χ3n) is 7.96. The molecule has 0 aromatic rings. The average molecular weight is 799 g/mol. The molecule has 0 radical (unpaired) electrons. The molecule has 0 fully saturated rings. The van der Waals surface area contributed by atoms with Crippen LogP contribution < -0.4 is 0 Å². The van der Waals surface area contributed by atoms with E-state index in [2.05, 4.69) is 27.7 Å². The summed E-state index contributed by atoms with van der Waals surface area (Å²) in [5.41, 5.74) is 0. The molecule has 0 atom stereocenters. The second kappa shape index (κ2) is 18.6. The Morgan fingerprint density at radius 3 is 0.820 bits per heavy atom. The first-order chi connectivity index (χ1) is 22.2. The zero-order chi connectivity index (χ0) is 40.3. The molecule has 50 heavy (non-hydrogen) atoms. The highest BCUT2D eigenvalue weighted by Crippen LogP contribution is 2.64. The number of hydrogen-bond donors (Lipinski definition) is 1. The van der Waals surface area contributed by atoms with Gasteiger partial charge in [0.1, 0.15) is 0 Å². The van der Waals surface area contributed by atoms with Crippen molar-refractivity contribution in [2.24, 2.45) is 0 Å². The molecule has 0 aliphatic carbocycles. The third-order valence-corrected chi connectivity index (χ3v) is 8.87. The normalized spacial score (nSPS) is 14.8. The van der Waals surface area contributed by atoms with Gasteiger partial charge in [-0.15, -0.1) is 0 Å². The van der Waals surface area contributed by atoms with Gasteiger partial charge in [-0.25, -0.2) is 0 Å². The van der Waals surface area contributed by atoms with Gasteiger partial charge in [0.05, 0.1) is 26.2 Å². The van der Waals surface area contributed by atoms with Crippen molar-refractivity contribution < 1.29 is 92.1 Å². The van der Waals surface area contributed by atoms with Gasteiger partial charge in [0.2, 0.25) is 0 Å². The summed E-state index contributed by atoms with van der Waals surface area (Å²) in [6, 6.07) is 0. The molecule has 0 unspecified atom stereocenters. The van der Waals surface area contributed by atoms with Crippen molar-refractivity contribution in [3.8, 4) is 0 Å². The third kappa shape index (κ3) is 10.9. The van der Waals surface area contributed by atoms with Crippen molar-refractivity contribution in [1.82, 2.24) is 0 Å². The fourth-order valence-electron chi connectivity index (χ4n) is 4.77. The highest BCUT2D eigenvalue weighted by Gasteiger charge is 2.96. The number of halogens is 17. The second-order valence-corrected chi connectivity index (χ2v) is 13.5. The molecule has 0 aromatic heterocycles. The fourth-order valence-corrected chi connectivity index (χ4v) is 5.22. The fraction of sp³-hybridized carbons (Fsp3) is 1.00. The largest absolute Gasteiger partial charge is 0.460 e. The lowest BCUT2D eigenvalue weighted by atomic mass is 9.91. The number of hydrogen-bond acceptors (Lipinski definition) is 2. The predicted molar refractivity (Wildman–Crippen MR) is 150 cm³/mol. The van der Waals surface area contributed by atoms with Crippen LogP contribution in [0.2, 0.25) is 0 Å². The number of rotatable bonds is 23. The van der Waals surface area contributed by atoms with Crippen molar-refractivity contribution in [1.29, 1.82) is 0 Å². The Balaban J connectivity index is 0. The molecule has 0 saturated heterocycles. The van der Waals surface area contributed by atoms with Crippen LogP contribution in [0.5, 0.6) is 0 Å². The van der Waals surface area contributed by atoms with Crippen LogP contribution in [0.15, 0.2) is 0 Å². The van der Waals surface area contributed by atoms with Crippen LogP contribution in [-0.2, 0) is 10.1 Å². The lowest BCUT2D eigenvalue weighted by Crippen LogP contribution is -2.74. The average Bonchev–Trinajstić information content (AvgIpc) is 2.96. The smallest absolute Gasteiger partial charge is 0.324 e. The van der Waals surface area contributed by atoms with Gasteiger partial charge >= 0.3 is 57.1 Å². The summed E-state index contributed by atoms with van der Waals surface area (Å²) in [5.74, 6) is -52.0. The maximum atomic E-state index is 13.0. The van der Waals surface area contributed by atoms with Crippen molar-refractivity contribution >= 4 is 10.1 Å². The van der Waals surface area contributed by atoms with E-state index >= 15 is 0 Å². The first-order valence-corrected chi connectivity index (χ1v) is 17.2. The van der Waals surface area contributed by atoms with Crippen molar-refractivity contribution in [3.63, 3.8) is 0 Å². The van der Waals surface area contributed by atoms with E-state index in [-0.39, 0.29) is 0 Å². The Bertz CT molecular complexity index is 1050. The zero-order valence-corrected chi connectivity index (χ0v) is 28.7. The molecule has 0 bridgehead atoms. The van der Waals surface area contributed by atoms with Gasteiger partial charge in [-0.1, -0.05) is 53.4 Å². The monoisotopic (exact) mass is 798 g/mol. The first-order valence-electron chi connectivity index (χ1n) is 15.8. The van der Waals surface area contributed by atoms with E-state index in [4.69, 9.17) is 4.55 Å². The summed E-state index contributed by atoms with van der Waals surface area (Å²) in [5, 5.41) is -7.84. The first kappa shape index (κ1) is 50.8. The van der Waals surface area contributed by atoms with Gasteiger partial charge in [-0.2, -0.15) is 83.1 Å². The van der Waals surface area contributed by atoms with Gasteiger partial charge in [0.25, 0.3) is 0 Å². The molecular weight excluding hydrogens is 753 g/mol. The van der Waals surface area contributed by atoms with Gasteiger partial charge in [-0.05, 0) is 51.4 Å². The molecule has 0 heterocycles. The van der Waals surface area contributed by atoms with E-state index in [1.807, 2.05) is 0 Å². The van der Waals surface area contributed by atoms with Crippen molar-refractivity contribution in [3.05, 3.63) is 0 Å². The SMILES string of the molecule is CCCCC[N+](CCCCC)(CCCCC)CCCCC.O=S(=O)(O)C(F)(F)C(F)(F)C(F)(F)C(F)(F)C(F)(F)C(F)(F)C(F)(F)C(F)(F)F. The summed E-state index contributed by atoms with van der Waals surface area (Å²) in [7, 11) is -7.89. The molecule has 0 aliphatic rings. The molecule has 4 nitrogen and oxygen atoms in total. The van der Waals surface area contributed by atoms with E-state index in [1.165, 1.54) is 108 Å². The number of nitrogens with zero attached hydrogens (tertiary/aromatic N) is 1. The molecule has 22 heteroatoms. The molecule has 0 amide bonds. The van der Waals surface area contributed by atoms with E-state index < -0.39 is 57.1 Å². The van der Waals surface area contributed by atoms with E-state index in [0.29, 0.717) is 0 Å². The van der Waals surface area contributed by atoms with E-state index in [1.54, 1.807) is 0 Å². The highest BCUT2D eigenvalue weighted by atomic mass is 32.2.